The van der Waals surface area contributed by atoms with E-state index in [1.54, 1.807) is 11.3 Å². The molecule has 0 radical (unpaired) electrons. The maximum absolute atomic E-state index is 12.6. The van der Waals surface area contributed by atoms with Crippen molar-refractivity contribution < 1.29 is 4.79 Å². The zero-order valence-electron chi connectivity index (χ0n) is 15.4. The Morgan fingerprint density at radius 2 is 1.77 bits per heavy atom. The molecule has 1 aromatic heterocycles. The molecule has 26 heavy (non-hydrogen) atoms. The number of aryl methyl sites for hydroxylation is 3. The largest absolute Gasteiger partial charge is 0.325 e. The Morgan fingerprint density at radius 1 is 1.12 bits per heavy atom. The average Bonchev–Trinajstić information content (AvgIpc) is 3.07. The number of anilines is 1. The predicted octanol–water partition coefficient (Wildman–Crippen LogP) is 5.85. The first-order valence-corrected chi connectivity index (χ1v) is 10.3. The molecule has 0 unspecified atom stereocenters. The van der Waals surface area contributed by atoms with Gasteiger partial charge in [-0.05, 0) is 38.8 Å². The van der Waals surface area contributed by atoms with Crippen LogP contribution in [-0.2, 0) is 4.79 Å². The first-order valence-electron chi connectivity index (χ1n) is 8.50. The molecule has 0 fully saturated rings. The summed E-state index contributed by atoms with van der Waals surface area (Å²) in [7, 11) is 0. The molecule has 1 atom stereocenters. The van der Waals surface area contributed by atoms with Crippen molar-refractivity contribution in [3.63, 3.8) is 0 Å². The first kappa shape index (κ1) is 18.7. The predicted molar refractivity (Wildman–Crippen MR) is 112 cm³/mol. The van der Waals surface area contributed by atoms with Gasteiger partial charge in [0, 0.05) is 16.6 Å². The highest BCUT2D eigenvalue weighted by Gasteiger charge is 2.18. The van der Waals surface area contributed by atoms with Gasteiger partial charge in [0.15, 0.2) is 4.34 Å². The fourth-order valence-corrected chi connectivity index (χ4v) is 4.83. The van der Waals surface area contributed by atoms with E-state index < -0.39 is 0 Å². The number of benzene rings is 2. The summed E-state index contributed by atoms with van der Waals surface area (Å²) in [4.78, 5) is 17.3. The number of hydrogen-bond acceptors (Lipinski definition) is 4. The third kappa shape index (κ3) is 4.34. The highest BCUT2D eigenvalue weighted by Crippen LogP contribution is 2.31. The van der Waals surface area contributed by atoms with Crippen LogP contribution >= 0.6 is 23.1 Å². The lowest BCUT2D eigenvalue weighted by Gasteiger charge is -2.15. The quantitative estimate of drug-likeness (QED) is 0.562. The molecule has 134 valence electrons. The molecule has 0 aliphatic rings. The number of carbonyl (C=O) groups is 1. The molecule has 5 heteroatoms. The number of aromatic nitrogens is 1. The second kappa shape index (κ2) is 8.06. The van der Waals surface area contributed by atoms with E-state index in [9.17, 15) is 4.79 Å². The Hall–Kier alpha value is -2.11. The van der Waals surface area contributed by atoms with Crippen molar-refractivity contribution in [1.29, 1.82) is 0 Å². The fourth-order valence-electron chi connectivity index (χ4n) is 2.86. The maximum Gasteiger partial charge on any atom is 0.237 e. The van der Waals surface area contributed by atoms with Crippen molar-refractivity contribution in [2.24, 2.45) is 0 Å². The summed E-state index contributed by atoms with van der Waals surface area (Å²) >= 11 is 3.07. The molecule has 1 amide bonds. The third-order valence-corrected chi connectivity index (χ3v) is 6.20. The number of nitrogens with zero attached hydrogens (tertiary/aromatic N) is 1. The summed E-state index contributed by atoms with van der Waals surface area (Å²) in [5, 5.41) is 4.90. The molecule has 1 N–H and O–H groups in total. The number of hydrogen-bond donors (Lipinski definition) is 1. The Kier molecular flexibility index (Phi) is 5.79. The van der Waals surface area contributed by atoms with E-state index >= 15 is 0 Å². The number of nitrogens with one attached hydrogen (secondary N) is 1. The zero-order valence-corrected chi connectivity index (χ0v) is 17.0. The van der Waals surface area contributed by atoms with E-state index in [2.05, 4.69) is 29.4 Å². The minimum absolute atomic E-state index is 0.00140. The molecular weight excluding hydrogens is 360 g/mol. The topological polar surface area (TPSA) is 42.0 Å². The van der Waals surface area contributed by atoms with Crippen LogP contribution < -0.4 is 5.32 Å². The Labute approximate surface area is 162 Å². The van der Waals surface area contributed by atoms with Gasteiger partial charge >= 0.3 is 0 Å². The molecule has 0 saturated carbocycles. The van der Waals surface area contributed by atoms with Crippen molar-refractivity contribution in [3.8, 4) is 11.3 Å². The van der Waals surface area contributed by atoms with Crippen molar-refractivity contribution in [1.82, 2.24) is 4.98 Å². The molecule has 0 spiro atoms. The van der Waals surface area contributed by atoms with Gasteiger partial charge in [-0.3, -0.25) is 4.79 Å². The normalized spacial score (nSPS) is 12.0. The average molecular weight is 383 g/mol. The van der Waals surface area contributed by atoms with E-state index in [1.807, 2.05) is 56.5 Å². The van der Waals surface area contributed by atoms with Gasteiger partial charge in [-0.25, -0.2) is 4.98 Å². The SMILES string of the molecule is Cc1cc(C)c(NC(=O)[C@H](C)Sc2nc(-c3ccccc3)cs2)c(C)c1. The smallest absolute Gasteiger partial charge is 0.237 e. The standard InChI is InChI=1S/C21H22N2OS2/c1-13-10-14(2)19(15(3)11-13)23-20(24)16(4)26-21-22-18(12-25-21)17-8-6-5-7-9-17/h5-12,16H,1-4H3,(H,23,24)/t16-/m0/s1. The summed E-state index contributed by atoms with van der Waals surface area (Å²) in [6.45, 7) is 8.04. The molecule has 1 heterocycles. The fraction of sp³-hybridized carbons (Fsp3) is 0.238. The van der Waals surface area contributed by atoms with Crippen LogP contribution in [0.5, 0.6) is 0 Å². The lowest BCUT2D eigenvalue weighted by atomic mass is 10.1. The van der Waals surface area contributed by atoms with Gasteiger partial charge in [0.1, 0.15) is 0 Å². The summed E-state index contributed by atoms with van der Waals surface area (Å²) in [6.07, 6.45) is 0. The Morgan fingerprint density at radius 3 is 2.42 bits per heavy atom. The zero-order chi connectivity index (χ0) is 18.7. The third-order valence-electron chi connectivity index (χ3n) is 4.12. The van der Waals surface area contributed by atoms with Crippen LogP contribution in [-0.4, -0.2) is 16.1 Å². The lowest BCUT2D eigenvalue weighted by Crippen LogP contribution is -2.23. The minimum atomic E-state index is -0.218. The molecule has 0 aliphatic heterocycles. The molecule has 0 bridgehead atoms. The molecule has 3 rings (SSSR count). The van der Waals surface area contributed by atoms with Gasteiger partial charge in [0.25, 0.3) is 0 Å². The van der Waals surface area contributed by atoms with Crippen molar-refractivity contribution in [3.05, 3.63) is 64.5 Å². The van der Waals surface area contributed by atoms with Gasteiger partial charge in [-0.15, -0.1) is 11.3 Å². The highest BCUT2D eigenvalue weighted by atomic mass is 32.2. The highest BCUT2D eigenvalue weighted by molar-refractivity contribution is 8.02. The van der Waals surface area contributed by atoms with Crippen LogP contribution in [0.15, 0.2) is 52.2 Å². The van der Waals surface area contributed by atoms with Crippen LogP contribution in [0.2, 0.25) is 0 Å². The number of carbonyl (C=O) groups excluding carboxylic acids is 1. The van der Waals surface area contributed by atoms with Gasteiger partial charge in [-0.2, -0.15) is 0 Å². The summed E-state index contributed by atoms with van der Waals surface area (Å²) in [6, 6.07) is 14.3. The van der Waals surface area contributed by atoms with Gasteiger partial charge in [0.05, 0.1) is 10.9 Å². The van der Waals surface area contributed by atoms with Crippen molar-refractivity contribution >= 4 is 34.7 Å². The molecule has 0 saturated heterocycles. The molecule has 2 aromatic carbocycles. The number of rotatable bonds is 5. The van der Waals surface area contributed by atoms with E-state index in [0.29, 0.717) is 0 Å². The lowest BCUT2D eigenvalue weighted by molar-refractivity contribution is -0.115. The Balaban J connectivity index is 1.68. The molecule has 0 aliphatic carbocycles. The van der Waals surface area contributed by atoms with Crippen LogP contribution in [0, 0.1) is 20.8 Å². The second-order valence-electron chi connectivity index (χ2n) is 6.39. The van der Waals surface area contributed by atoms with E-state index in [-0.39, 0.29) is 11.2 Å². The summed E-state index contributed by atoms with van der Waals surface area (Å²) in [5.41, 5.74) is 6.35. The molecular formula is C21H22N2OS2. The van der Waals surface area contributed by atoms with Crippen LogP contribution in [0.25, 0.3) is 11.3 Å². The molecule has 3 aromatic rings. The van der Waals surface area contributed by atoms with E-state index in [1.165, 1.54) is 17.3 Å². The minimum Gasteiger partial charge on any atom is -0.325 e. The van der Waals surface area contributed by atoms with Crippen LogP contribution in [0.3, 0.4) is 0 Å². The van der Waals surface area contributed by atoms with Gasteiger partial charge in [0.2, 0.25) is 5.91 Å². The number of thiazole rings is 1. The van der Waals surface area contributed by atoms with E-state index in [0.717, 1.165) is 32.4 Å². The number of amides is 1. The van der Waals surface area contributed by atoms with E-state index in [4.69, 9.17) is 0 Å². The Bertz CT molecular complexity index is 896. The van der Waals surface area contributed by atoms with Crippen LogP contribution in [0.4, 0.5) is 5.69 Å². The van der Waals surface area contributed by atoms with Gasteiger partial charge < -0.3 is 5.32 Å². The maximum atomic E-state index is 12.6. The summed E-state index contributed by atoms with van der Waals surface area (Å²) < 4.78 is 0.906. The molecule has 3 nitrogen and oxygen atoms in total. The van der Waals surface area contributed by atoms with Crippen molar-refractivity contribution in [2.75, 3.05) is 5.32 Å². The monoisotopic (exact) mass is 382 g/mol. The number of thioether (sulfide) groups is 1. The first-order chi connectivity index (χ1) is 12.4. The van der Waals surface area contributed by atoms with Crippen molar-refractivity contribution in [2.45, 2.75) is 37.3 Å². The van der Waals surface area contributed by atoms with Gasteiger partial charge in [-0.1, -0.05) is 59.8 Å². The second-order valence-corrected chi connectivity index (χ2v) is 8.83. The summed E-state index contributed by atoms with van der Waals surface area (Å²) in [5.74, 6) is 0.00140. The van der Waals surface area contributed by atoms with Crippen LogP contribution in [0.1, 0.15) is 23.6 Å².